The van der Waals surface area contributed by atoms with Crippen molar-refractivity contribution in [2.24, 2.45) is 5.84 Å². The van der Waals surface area contributed by atoms with Crippen molar-refractivity contribution in [2.75, 3.05) is 6.61 Å². The lowest BCUT2D eigenvalue weighted by molar-refractivity contribution is 0.0608. The fraction of sp³-hybridized carbons (Fsp3) is 0.556. The molecule has 0 radical (unpaired) electrons. The van der Waals surface area contributed by atoms with Gasteiger partial charge in [0.2, 0.25) is 0 Å². The molecule has 0 saturated carbocycles. The van der Waals surface area contributed by atoms with Gasteiger partial charge in [0.15, 0.2) is 4.67 Å². The van der Waals surface area contributed by atoms with Crippen LogP contribution in [-0.2, 0) is 4.74 Å². The number of hydrogen-bond acceptors (Lipinski definition) is 4. The average molecular weight is 263 g/mol. The number of furan rings is 1. The van der Waals surface area contributed by atoms with Gasteiger partial charge in [0, 0.05) is 5.56 Å². The Hall–Kier alpha value is -0.360. The molecule has 0 aliphatic rings. The lowest BCUT2D eigenvalue weighted by Crippen LogP contribution is -2.32. The highest BCUT2D eigenvalue weighted by atomic mass is 79.9. The van der Waals surface area contributed by atoms with E-state index < -0.39 is 0 Å². The first kappa shape index (κ1) is 11.7. The summed E-state index contributed by atoms with van der Waals surface area (Å²) >= 11 is 3.30. The van der Waals surface area contributed by atoms with Gasteiger partial charge < -0.3 is 9.15 Å². The van der Waals surface area contributed by atoms with Crippen molar-refractivity contribution in [2.45, 2.75) is 26.0 Å². The maximum atomic E-state index is 5.47. The summed E-state index contributed by atoms with van der Waals surface area (Å²) in [6, 6.07) is 1.81. The van der Waals surface area contributed by atoms with Crippen molar-refractivity contribution < 1.29 is 9.15 Å². The molecular weight excluding hydrogens is 248 g/mol. The Morgan fingerprint density at radius 1 is 1.64 bits per heavy atom. The molecule has 1 aromatic heterocycles. The minimum Gasteiger partial charge on any atom is -0.457 e. The van der Waals surface area contributed by atoms with Crippen molar-refractivity contribution in [3.63, 3.8) is 0 Å². The van der Waals surface area contributed by atoms with Crippen LogP contribution in [-0.4, -0.2) is 12.7 Å². The second-order valence-corrected chi connectivity index (χ2v) is 3.97. The third kappa shape index (κ3) is 3.09. The molecule has 0 fully saturated rings. The number of nitrogens with two attached hydrogens (primary N) is 1. The highest BCUT2D eigenvalue weighted by Crippen LogP contribution is 2.24. The lowest BCUT2D eigenvalue weighted by atomic mass is 10.2. The van der Waals surface area contributed by atoms with E-state index in [4.69, 9.17) is 15.0 Å². The van der Waals surface area contributed by atoms with Crippen molar-refractivity contribution in [3.8, 4) is 0 Å². The summed E-state index contributed by atoms with van der Waals surface area (Å²) in [5.41, 5.74) is 3.65. The first-order chi connectivity index (χ1) is 6.65. The van der Waals surface area contributed by atoms with E-state index in [-0.39, 0.29) is 12.1 Å². The first-order valence-corrected chi connectivity index (χ1v) is 5.25. The van der Waals surface area contributed by atoms with Gasteiger partial charge in [-0.15, -0.1) is 0 Å². The van der Waals surface area contributed by atoms with Crippen molar-refractivity contribution in [1.29, 1.82) is 0 Å². The van der Waals surface area contributed by atoms with Crippen LogP contribution in [0.5, 0.6) is 0 Å². The molecule has 4 nitrogen and oxygen atoms in total. The summed E-state index contributed by atoms with van der Waals surface area (Å²) < 4.78 is 11.3. The minimum absolute atomic E-state index is 0.0504. The van der Waals surface area contributed by atoms with Gasteiger partial charge in [-0.2, -0.15) is 0 Å². The van der Waals surface area contributed by atoms with E-state index in [0.29, 0.717) is 11.3 Å². The Labute approximate surface area is 91.9 Å². The van der Waals surface area contributed by atoms with Crippen LogP contribution in [0.4, 0.5) is 0 Å². The Balaban J connectivity index is 2.58. The van der Waals surface area contributed by atoms with E-state index in [1.54, 1.807) is 6.26 Å². The molecule has 5 heteroatoms. The average Bonchev–Trinajstić information content (AvgIpc) is 2.53. The Kier molecular flexibility index (Phi) is 4.60. The summed E-state index contributed by atoms with van der Waals surface area (Å²) in [7, 11) is 0. The van der Waals surface area contributed by atoms with Crippen LogP contribution < -0.4 is 11.3 Å². The number of hydrazine groups is 1. The fourth-order valence-corrected chi connectivity index (χ4v) is 1.59. The molecule has 1 aromatic rings. The van der Waals surface area contributed by atoms with Gasteiger partial charge >= 0.3 is 0 Å². The van der Waals surface area contributed by atoms with E-state index in [1.807, 2.05) is 19.9 Å². The molecule has 1 rings (SSSR count). The Bertz CT molecular complexity index is 276. The predicted molar refractivity (Wildman–Crippen MR) is 57.6 cm³/mol. The molecule has 0 spiro atoms. The van der Waals surface area contributed by atoms with Gasteiger partial charge in [-0.3, -0.25) is 11.3 Å². The molecule has 0 saturated heterocycles. The summed E-state index contributed by atoms with van der Waals surface area (Å²) in [5.74, 6) is 5.43. The van der Waals surface area contributed by atoms with Crippen LogP contribution >= 0.6 is 15.9 Å². The predicted octanol–water partition coefficient (Wildman–Crippen LogP) is 1.97. The summed E-state index contributed by atoms with van der Waals surface area (Å²) in [4.78, 5) is 0. The van der Waals surface area contributed by atoms with E-state index in [2.05, 4.69) is 21.4 Å². The number of ether oxygens (including phenoxy) is 1. The largest absolute Gasteiger partial charge is 0.457 e. The Morgan fingerprint density at radius 3 is 2.79 bits per heavy atom. The lowest BCUT2D eigenvalue weighted by Gasteiger charge is -2.16. The molecule has 0 aliphatic carbocycles. The van der Waals surface area contributed by atoms with Gasteiger partial charge in [0.05, 0.1) is 25.0 Å². The SMILES string of the molecule is CC(C)OCC(NN)c1ccoc1Br. The summed E-state index contributed by atoms with van der Waals surface area (Å²) in [6.07, 6.45) is 1.80. The second kappa shape index (κ2) is 5.50. The molecule has 1 unspecified atom stereocenters. The van der Waals surface area contributed by atoms with Crippen LogP contribution in [0.3, 0.4) is 0 Å². The molecule has 1 atom stereocenters. The zero-order valence-electron chi connectivity index (χ0n) is 8.29. The van der Waals surface area contributed by atoms with Crippen LogP contribution in [0, 0.1) is 0 Å². The molecule has 0 aromatic carbocycles. The third-order valence-corrected chi connectivity index (χ3v) is 2.46. The quantitative estimate of drug-likeness (QED) is 0.629. The number of hydrogen-bond donors (Lipinski definition) is 2. The molecule has 14 heavy (non-hydrogen) atoms. The van der Waals surface area contributed by atoms with E-state index in [9.17, 15) is 0 Å². The molecule has 0 aliphatic heterocycles. The first-order valence-electron chi connectivity index (χ1n) is 4.45. The van der Waals surface area contributed by atoms with Crippen LogP contribution in [0.25, 0.3) is 0 Å². The molecule has 0 bridgehead atoms. The van der Waals surface area contributed by atoms with Crippen LogP contribution in [0.15, 0.2) is 21.4 Å². The second-order valence-electron chi connectivity index (χ2n) is 3.25. The topological polar surface area (TPSA) is 60.4 Å². The van der Waals surface area contributed by atoms with E-state index >= 15 is 0 Å². The highest BCUT2D eigenvalue weighted by molar-refractivity contribution is 9.10. The molecular formula is C9H15BrN2O2. The Morgan fingerprint density at radius 2 is 2.36 bits per heavy atom. The highest BCUT2D eigenvalue weighted by Gasteiger charge is 2.15. The normalized spacial score (nSPS) is 13.5. The molecule has 1 heterocycles. The maximum absolute atomic E-state index is 5.47. The van der Waals surface area contributed by atoms with Crippen molar-refractivity contribution in [1.82, 2.24) is 5.43 Å². The zero-order chi connectivity index (χ0) is 10.6. The number of nitrogens with one attached hydrogen (secondary N) is 1. The van der Waals surface area contributed by atoms with Gasteiger partial charge in [0.1, 0.15) is 0 Å². The van der Waals surface area contributed by atoms with Crippen LogP contribution in [0.2, 0.25) is 0 Å². The van der Waals surface area contributed by atoms with E-state index in [1.165, 1.54) is 0 Å². The van der Waals surface area contributed by atoms with E-state index in [0.717, 1.165) is 5.56 Å². The molecule has 3 N–H and O–H groups in total. The maximum Gasteiger partial charge on any atom is 0.173 e. The zero-order valence-corrected chi connectivity index (χ0v) is 9.87. The van der Waals surface area contributed by atoms with Gasteiger partial charge in [0.25, 0.3) is 0 Å². The number of rotatable bonds is 5. The fourth-order valence-electron chi connectivity index (χ4n) is 1.07. The number of halogens is 1. The van der Waals surface area contributed by atoms with Crippen LogP contribution in [0.1, 0.15) is 25.5 Å². The van der Waals surface area contributed by atoms with Crippen molar-refractivity contribution in [3.05, 3.63) is 22.6 Å². The minimum atomic E-state index is -0.0504. The third-order valence-electron chi connectivity index (χ3n) is 1.82. The monoisotopic (exact) mass is 262 g/mol. The molecule has 80 valence electrons. The summed E-state index contributed by atoms with van der Waals surface area (Å²) in [6.45, 7) is 4.49. The summed E-state index contributed by atoms with van der Waals surface area (Å²) in [5, 5.41) is 0. The van der Waals surface area contributed by atoms with Gasteiger partial charge in [-0.05, 0) is 35.8 Å². The van der Waals surface area contributed by atoms with Gasteiger partial charge in [-0.1, -0.05) is 0 Å². The standard InChI is InChI=1S/C9H15BrN2O2/c1-6(2)14-5-8(12-11)7-3-4-13-9(7)10/h3-4,6,8,12H,5,11H2,1-2H3. The van der Waals surface area contributed by atoms with Gasteiger partial charge in [-0.25, -0.2) is 0 Å². The molecule has 0 amide bonds. The smallest absolute Gasteiger partial charge is 0.173 e. The van der Waals surface area contributed by atoms with Crippen molar-refractivity contribution >= 4 is 15.9 Å².